The molecule has 0 saturated heterocycles. The Bertz CT molecular complexity index is 510. The molecule has 102 valence electrons. The van der Waals surface area contributed by atoms with Crippen LogP contribution in [0.25, 0.3) is 0 Å². The van der Waals surface area contributed by atoms with Crippen molar-refractivity contribution in [2.45, 2.75) is 25.8 Å². The Balaban J connectivity index is 2.03. The Morgan fingerprint density at radius 3 is 2.32 bits per heavy atom. The largest absolute Gasteiger partial charge is 0.481 e. The molecule has 19 heavy (non-hydrogen) atoms. The molecule has 0 unspecified atom stereocenters. The number of hydrogen-bond donors (Lipinski definition) is 2. The first-order valence-electron chi connectivity index (χ1n) is 6.12. The Morgan fingerprint density at radius 2 is 1.84 bits per heavy atom. The highest BCUT2D eigenvalue weighted by Crippen LogP contribution is 2.39. The maximum atomic E-state index is 12.9. The van der Waals surface area contributed by atoms with Gasteiger partial charge in [0.05, 0.1) is 17.4 Å². The van der Waals surface area contributed by atoms with Crippen LogP contribution in [0.2, 0.25) is 0 Å². The number of benzene rings is 1. The number of carbonyl (C=O) groups excluding carboxylic acids is 1. The minimum Gasteiger partial charge on any atom is -0.481 e. The number of hydrogen-bond acceptors (Lipinski definition) is 2. The fraction of sp³-hybridized carbons (Fsp3) is 0.429. The lowest BCUT2D eigenvalue weighted by atomic mass is 9.94. The standard InChI is InChI=1S/C14H16FNO3/c1-14(2,8-3-5-9(15)6-4-8)16-12(17)10-7-11(10)13(18)19/h3-6,10-11H,7H2,1-2H3,(H,16,17)(H,18,19)/t10-,11+/m0/s1. The van der Waals surface area contributed by atoms with E-state index in [1.807, 2.05) is 0 Å². The topological polar surface area (TPSA) is 66.4 Å². The molecule has 1 aliphatic rings. The number of carbonyl (C=O) groups is 2. The lowest BCUT2D eigenvalue weighted by molar-refractivity contribution is -0.140. The van der Waals surface area contributed by atoms with E-state index in [0.717, 1.165) is 5.56 Å². The molecule has 0 spiro atoms. The Hall–Kier alpha value is -1.91. The molecule has 0 bridgehead atoms. The van der Waals surface area contributed by atoms with Gasteiger partial charge in [-0.15, -0.1) is 0 Å². The first-order chi connectivity index (χ1) is 8.81. The highest BCUT2D eigenvalue weighted by Gasteiger charge is 2.49. The van der Waals surface area contributed by atoms with Crippen LogP contribution in [0.4, 0.5) is 4.39 Å². The van der Waals surface area contributed by atoms with Crippen LogP contribution in [0.15, 0.2) is 24.3 Å². The van der Waals surface area contributed by atoms with Crippen molar-refractivity contribution < 1.29 is 19.1 Å². The minimum atomic E-state index is -0.931. The van der Waals surface area contributed by atoms with Crippen molar-refractivity contribution in [3.63, 3.8) is 0 Å². The van der Waals surface area contributed by atoms with Gasteiger partial charge in [0.15, 0.2) is 0 Å². The van der Waals surface area contributed by atoms with E-state index in [4.69, 9.17) is 5.11 Å². The van der Waals surface area contributed by atoms with E-state index in [-0.39, 0.29) is 11.7 Å². The summed E-state index contributed by atoms with van der Waals surface area (Å²) in [7, 11) is 0. The van der Waals surface area contributed by atoms with Gasteiger partial charge < -0.3 is 10.4 Å². The zero-order chi connectivity index (χ0) is 14.2. The Kier molecular flexibility index (Phi) is 3.30. The summed E-state index contributed by atoms with van der Waals surface area (Å²) in [5.74, 6) is -2.54. The number of carboxylic acids is 1. The molecular weight excluding hydrogens is 249 g/mol. The first kappa shape index (κ1) is 13.5. The normalized spacial score (nSPS) is 21.8. The summed E-state index contributed by atoms with van der Waals surface area (Å²) < 4.78 is 12.9. The van der Waals surface area contributed by atoms with Crippen LogP contribution in [0, 0.1) is 17.7 Å². The maximum absolute atomic E-state index is 12.9. The summed E-state index contributed by atoms with van der Waals surface area (Å²) >= 11 is 0. The van der Waals surface area contributed by atoms with Gasteiger partial charge in [-0.2, -0.15) is 0 Å². The molecular formula is C14H16FNO3. The molecule has 1 amide bonds. The number of amides is 1. The highest BCUT2D eigenvalue weighted by molar-refractivity contribution is 5.89. The van der Waals surface area contributed by atoms with E-state index < -0.39 is 23.3 Å². The van der Waals surface area contributed by atoms with E-state index in [1.54, 1.807) is 26.0 Å². The molecule has 5 heteroatoms. The maximum Gasteiger partial charge on any atom is 0.307 e. The Labute approximate surface area is 110 Å². The van der Waals surface area contributed by atoms with Crippen LogP contribution in [0.1, 0.15) is 25.8 Å². The van der Waals surface area contributed by atoms with Crippen LogP contribution >= 0.6 is 0 Å². The molecule has 4 nitrogen and oxygen atoms in total. The molecule has 2 rings (SSSR count). The quantitative estimate of drug-likeness (QED) is 0.873. The molecule has 0 aromatic heterocycles. The number of rotatable bonds is 4. The van der Waals surface area contributed by atoms with E-state index in [2.05, 4.69) is 5.32 Å². The zero-order valence-corrected chi connectivity index (χ0v) is 10.8. The van der Waals surface area contributed by atoms with Crippen molar-refractivity contribution in [2.75, 3.05) is 0 Å². The Morgan fingerprint density at radius 1 is 1.26 bits per heavy atom. The third-order valence-corrected chi connectivity index (χ3v) is 3.45. The summed E-state index contributed by atoms with van der Waals surface area (Å²) in [4.78, 5) is 22.7. The molecule has 0 aliphatic heterocycles. The molecule has 0 heterocycles. The van der Waals surface area contributed by atoms with Crippen molar-refractivity contribution in [1.82, 2.24) is 5.32 Å². The summed E-state index contributed by atoms with van der Waals surface area (Å²) in [5.41, 5.74) is 0.117. The summed E-state index contributed by atoms with van der Waals surface area (Å²) in [6.45, 7) is 3.60. The minimum absolute atomic E-state index is 0.262. The average Bonchev–Trinajstić information content (AvgIpc) is 3.08. The van der Waals surface area contributed by atoms with Gasteiger partial charge in [0, 0.05) is 0 Å². The van der Waals surface area contributed by atoms with Crippen molar-refractivity contribution in [3.8, 4) is 0 Å². The molecule has 1 fully saturated rings. The van der Waals surface area contributed by atoms with Crippen LogP contribution in [-0.4, -0.2) is 17.0 Å². The van der Waals surface area contributed by atoms with Crippen LogP contribution < -0.4 is 5.32 Å². The molecule has 2 N–H and O–H groups in total. The van der Waals surface area contributed by atoms with Gasteiger partial charge >= 0.3 is 5.97 Å². The van der Waals surface area contributed by atoms with Gasteiger partial charge in [-0.25, -0.2) is 4.39 Å². The predicted octanol–water partition coefficient (Wildman–Crippen LogP) is 1.90. The average molecular weight is 265 g/mol. The van der Waals surface area contributed by atoms with E-state index in [9.17, 15) is 14.0 Å². The number of halogens is 1. The van der Waals surface area contributed by atoms with Crippen molar-refractivity contribution in [2.24, 2.45) is 11.8 Å². The summed E-state index contributed by atoms with van der Waals surface area (Å²) in [6, 6.07) is 5.88. The smallest absolute Gasteiger partial charge is 0.307 e. The molecule has 1 aliphatic carbocycles. The van der Waals surface area contributed by atoms with E-state index >= 15 is 0 Å². The van der Waals surface area contributed by atoms with E-state index in [1.165, 1.54) is 12.1 Å². The lowest BCUT2D eigenvalue weighted by Crippen LogP contribution is -2.42. The molecule has 1 aromatic rings. The van der Waals surface area contributed by atoms with Gasteiger partial charge in [0.2, 0.25) is 5.91 Å². The van der Waals surface area contributed by atoms with Crippen LogP contribution in [0.3, 0.4) is 0 Å². The van der Waals surface area contributed by atoms with Gasteiger partial charge in [-0.1, -0.05) is 12.1 Å². The second-order valence-corrected chi connectivity index (χ2v) is 5.41. The van der Waals surface area contributed by atoms with Gasteiger partial charge in [0.25, 0.3) is 0 Å². The summed E-state index contributed by atoms with van der Waals surface area (Å²) in [6.07, 6.45) is 0.390. The predicted molar refractivity (Wildman–Crippen MR) is 66.8 cm³/mol. The van der Waals surface area contributed by atoms with E-state index in [0.29, 0.717) is 6.42 Å². The fourth-order valence-electron chi connectivity index (χ4n) is 2.10. The second kappa shape index (κ2) is 4.64. The van der Waals surface area contributed by atoms with Gasteiger partial charge in [0.1, 0.15) is 5.82 Å². The van der Waals surface area contributed by atoms with Crippen molar-refractivity contribution >= 4 is 11.9 Å². The van der Waals surface area contributed by atoms with Gasteiger partial charge in [-0.3, -0.25) is 9.59 Å². The van der Waals surface area contributed by atoms with Gasteiger partial charge in [-0.05, 0) is 38.0 Å². The first-order valence-corrected chi connectivity index (χ1v) is 6.12. The third kappa shape index (κ3) is 2.92. The highest BCUT2D eigenvalue weighted by atomic mass is 19.1. The SMILES string of the molecule is CC(C)(NC(=O)[C@H]1C[C@H]1C(=O)O)c1ccc(F)cc1. The molecule has 2 atom stereocenters. The van der Waals surface area contributed by atoms with Crippen molar-refractivity contribution in [1.29, 1.82) is 0 Å². The second-order valence-electron chi connectivity index (χ2n) is 5.41. The monoisotopic (exact) mass is 265 g/mol. The summed E-state index contributed by atoms with van der Waals surface area (Å²) in [5, 5.41) is 11.6. The molecule has 1 aromatic carbocycles. The zero-order valence-electron chi connectivity index (χ0n) is 10.8. The number of nitrogens with one attached hydrogen (secondary N) is 1. The lowest BCUT2D eigenvalue weighted by Gasteiger charge is -2.27. The number of carboxylic acid groups (broad SMARTS) is 1. The molecule has 0 radical (unpaired) electrons. The third-order valence-electron chi connectivity index (χ3n) is 3.45. The molecule has 1 saturated carbocycles. The fourth-order valence-corrected chi connectivity index (χ4v) is 2.10. The van der Waals surface area contributed by atoms with Crippen LogP contribution in [0.5, 0.6) is 0 Å². The van der Waals surface area contributed by atoms with Crippen LogP contribution in [-0.2, 0) is 15.1 Å². The van der Waals surface area contributed by atoms with Crippen molar-refractivity contribution in [3.05, 3.63) is 35.6 Å². The number of aliphatic carboxylic acids is 1.